The van der Waals surface area contributed by atoms with Crippen LogP contribution in [-0.2, 0) is 19.5 Å². The fraction of sp³-hybridized carbons (Fsp3) is 0.333. The molecule has 2 aromatic rings. The van der Waals surface area contributed by atoms with Crippen LogP contribution in [0.15, 0.2) is 24.3 Å². The highest BCUT2D eigenvalue weighted by Crippen LogP contribution is 2.22. The van der Waals surface area contributed by atoms with Crippen LogP contribution in [0.5, 0.6) is 0 Å². The Morgan fingerprint density at radius 3 is 2.89 bits per heavy atom. The minimum absolute atomic E-state index is 0.757. The molecule has 0 radical (unpaired) electrons. The van der Waals surface area contributed by atoms with E-state index in [1.165, 1.54) is 22.5 Å². The van der Waals surface area contributed by atoms with Crippen molar-refractivity contribution >= 4 is 17.6 Å². The van der Waals surface area contributed by atoms with Gasteiger partial charge in [0.1, 0.15) is 5.01 Å². The summed E-state index contributed by atoms with van der Waals surface area (Å²) in [6, 6.07) is 8.62. The maximum Gasteiger partial charge on any atom is 0.161 e. The highest BCUT2D eigenvalue weighted by Gasteiger charge is 2.17. The summed E-state index contributed by atoms with van der Waals surface area (Å²) in [6.45, 7) is 4.78. The minimum atomic E-state index is 0.757. The van der Waals surface area contributed by atoms with E-state index in [4.69, 9.17) is 0 Å². The van der Waals surface area contributed by atoms with E-state index >= 15 is 0 Å². The molecule has 0 unspecified atom stereocenters. The van der Waals surface area contributed by atoms with Crippen molar-refractivity contribution in [3.63, 3.8) is 0 Å². The summed E-state index contributed by atoms with van der Waals surface area (Å²) in [5.74, 6) is 0. The molecule has 3 nitrogen and oxygen atoms in total. The van der Waals surface area contributed by atoms with E-state index in [1.807, 2.05) is 6.92 Å². The number of rotatable bonds is 3. The Balaban J connectivity index is 1.73. The number of aromatic nitrogens is 1. The van der Waals surface area contributed by atoms with Gasteiger partial charge in [0.05, 0.1) is 17.1 Å². The van der Waals surface area contributed by atoms with Gasteiger partial charge in [-0.1, -0.05) is 24.3 Å². The van der Waals surface area contributed by atoms with E-state index in [2.05, 4.69) is 34.1 Å². The molecule has 98 valence electrons. The summed E-state index contributed by atoms with van der Waals surface area (Å²) >= 11 is 1.51. The molecule has 0 amide bonds. The molecule has 0 saturated heterocycles. The van der Waals surface area contributed by atoms with Crippen molar-refractivity contribution in [1.82, 2.24) is 9.88 Å². The smallest absolute Gasteiger partial charge is 0.161 e. The molecule has 1 aromatic heterocycles. The van der Waals surface area contributed by atoms with Crippen LogP contribution in [0.2, 0.25) is 0 Å². The molecule has 0 fully saturated rings. The van der Waals surface area contributed by atoms with Gasteiger partial charge in [0.25, 0.3) is 0 Å². The standard InChI is InChI=1S/C15H16N2OS/c1-11-14(10-18)19-15(16-11)9-17-7-6-12-4-2-3-5-13(12)8-17/h2-5,10H,6-9H2,1H3. The van der Waals surface area contributed by atoms with Gasteiger partial charge in [-0.25, -0.2) is 4.98 Å². The fourth-order valence-corrected chi connectivity index (χ4v) is 3.45. The topological polar surface area (TPSA) is 33.2 Å². The number of thiazole rings is 1. The Labute approximate surface area is 116 Å². The molecular formula is C15H16N2OS. The molecule has 1 aliphatic rings. The molecule has 3 rings (SSSR count). The van der Waals surface area contributed by atoms with Crippen LogP contribution in [0.3, 0.4) is 0 Å². The van der Waals surface area contributed by atoms with E-state index < -0.39 is 0 Å². The van der Waals surface area contributed by atoms with Crippen molar-refractivity contribution in [2.24, 2.45) is 0 Å². The molecular weight excluding hydrogens is 256 g/mol. The SMILES string of the molecule is Cc1nc(CN2CCc3ccccc3C2)sc1C=O. The van der Waals surface area contributed by atoms with Crippen LogP contribution < -0.4 is 0 Å². The first-order chi connectivity index (χ1) is 9.26. The monoisotopic (exact) mass is 272 g/mol. The number of hydrogen-bond donors (Lipinski definition) is 0. The zero-order valence-corrected chi connectivity index (χ0v) is 11.7. The third kappa shape index (κ3) is 2.60. The Kier molecular flexibility index (Phi) is 3.44. The number of benzene rings is 1. The quantitative estimate of drug-likeness (QED) is 0.806. The molecule has 0 N–H and O–H groups in total. The second kappa shape index (κ2) is 5.23. The van der Waals surface area contributed by atoms with Gasteiger partial charge in [-0.2, -0.15) is 0 Å². The summed E-state index contributed by atoms with van der Waals surface area (Å²) < 4.78 is 0. The largest absolute Gasteiger partial charge is 0.297 e. The van der Waals surface area contributed by atoms with Crippen molar-refractivity contribution in [1.29, 1.82) is 0 Å². The average Bonchev–Trinajstić information content (AvgIpc) is 2.78. The molecule has 1 aliphatic heterocycles. The van der Waals surface area contributed by atoms with Crippen molar-refractivity contribution in [3.05, 3.63) is 51.0 Å². The zero-order valence-electron chi connectivity index (χ0n) is 10.9. The van der Waals surface area contributed by atoms with Gasteiger partial charge in [0.2, 0.25) is 0 Å². The van der Waals surface area contributed by atoms with Gasteiger partial charge in [0.15, 0.2) is 6.29 Å². The molecule has 0 spiro atoms. The molecule has 1 aromatic carbocycles. The maximum atomic E-state index is 10.9. The molecule has 0 bridgehead atoms. The maximum absolute atomic E-state index is 10.9. The van der Waals surface area contributed by atoms with Gasteiger partial charge in [-0.05, 0) is 24.5 Å². The average molecular weight is 272 g/mol. The van der Waals surface area contributed by atoms with Gasteiger partial charge in [0, 0.05) is 13.1 Å². The zero-order chi connectivity index (χ0) is 13.2. The van der Waals surface area contributed by atoms with Crippen LogP contribution in [0.1, 0.15) is 31.5 Å². The molecule has 4 heteroatoms. The number of nitrogens with zero attached hydrogens (tertiary/aromatic N) is 2. The van der Waals surface area contributed by atoms with Gasteiger partial charge in [-0.3, -0.25) is 9.69 Å². The van der Waals surface area contributed by atoms with Crippen LogP contribution in [0.4, 0.5) is 0 Å². The lowest BCUT2D eigenvalue weighted by Gasteiger charge is -2.27. The van der Waals surface area contributed by atoms with Crippen LogP contribution in [0, 0.1) is 6.92 Å². The van der Waals surface area contributed by atoms with Crippen molar-refractivity contribution in [2.75, 3.05) is 6.54 Å². The summed E-state index contributed by atoms with van der Waals surface area (Å²) in [5.41, 5.74) is 3.73. The van der Waals surface area contributed by atoms with E-state index in [0.717, 1.165) is 47.9 Å². The Bertz CT molecular complexity index is 606. The summed E-state index contributed by atoms with van der Waals surface area (Å²) in [6.07, 6.45) is 2.00. The first kappa shape index (κ1) is 12.5. The van der Waals surface area contributed by atoms with Crippen LogP contribution >= 0.6 is 11.3 Å². The summed E-state index contributed by atoms with van der Waals surface area (Å²) in [4.78, 5) is 18.5. The van der Waals surface area contributed by atoms with E-state index in [-0.39, 0.29) is 0 Å². The van der Waals surface area contributed by atoms with Crippen LogP contribution in [-0.4, -0.2) is 22.7 Å². The molecule has 2 heterocycles. The molecule has 19 heavy (non-hydrogen) atoms. The molecule has 0 atom stereocenters. The third-order valence-corrected chi connectivity index (χ3v) is 4.62. The van der Waals surface area contributed by atoms with Gasteiger partial charge >= 0.3 is 0 Å². The highest BCUT2D eigenvalue weighted by atomic mass is 32.1. The predicted octanol–water partition coefficient (Wildman–Crippen LogP) is 2.82. The first-order valence-corrected chi connectivity index (χ1v) is 7.28. The number of carbonyl (C=O) groups excluding carboxylic acids is 1. The number of aryl methyl sites for hydroxylation is 1. The van der Waals surface area contributed by atoms with Gasteiger partial charge in [-0.15, -0.1) is 11.3 Å². The number of carbonyl (C=O) groups is 1. The first-order valence-electron chi connectivity index (χ1n) is 6.47. The predicted molar refractivity (Wildman–Crippen MR) is 76.5 cm³/mol. The Hall–Kier alpha value is -1.52. The summed E-state index contributed by atoms with van der Waals surface area (Å²) in [7, 11) is 0. The Morgan fingerprint density at radius 2 is 2.16 bits per heavy atom. The van der Waals surface area contributed by atoms with Crippen LogP contribution in [0.25, 0.3) is 0 Å². The van der Waals surface area contributed by atoms with E-state index in [0.29, 0.717) is 0 Å². The molecule has 0 saturated carbocycles. The number of aldehydes is 1. The fourth-order valence-electron chi connectivity index (χ4n) is 2.52. The number of hydrogen-bond acceptors (Lipinski definition) is 4. The lowest BCUT2D eigenvalue weighted by Crippen LogP contribution is -2.29. The van der Waals surface area contributed by atoms with Gasteiger partial charge < -0.3 is 0 Å². The van der Waals surface area contributed by atoms with E-state index in [9.17, 15) is 4.79 Å². The summed E-state index contributed by atoms with van der Waals surface area (Å²) in [5, 5.41) is 1.04. The second-order valence-corrected chi connectivity index (χ2v) is 6.02. The van der Waals surface area contributed by atoms with E-state index in [1.54, 1.807) is 0 Å². The van der Waals surface area contributed by atoms with Crippen molar-refractivity contribution in [3.8, 4) is 0 Å². The van der Waals surface area contributed by atoms with Crippen molar-refractivity contribution in [2.45, 2.75) is 26.4 Å². The third-order valence-electron chi connectivity index (χ3n) is 3.55. The Morgan fingerprint density at radius 1 is 1.37 bits per heavy atom. The highest BCUT2D eigenvalue weighted by molar-refractivity contribution is 7.13. The number of fused-ring (bicyclic) bond motifs is 1. The normalized spacial score (nSPS) is 15.2. The van der Waals surface area contributed by atoms with Crippen molar-refractivity contribution < 1.29 is 4.79 Å². The lowest BCUT2D eigenvalue weighted by molar-refractivity contribution is 0.112. The lowest BCUT2D eigenvalue weighted by atomic mass is 10.0. The minimum Gasteiger partial charge on any atom is -0.297 e. The second-order valence-electron chi connectivity index (χ2n) is 4.90. The molecule has 0 aliphatic carbocycles.